The van der Waals surface area contributed by atoms with Crippen molar-refractivity contribution >= 4 is 62.9 Å². The third-order valence-electron chi connectivity index (χ3n) is 11.8. The summed E-state index contributed by atoms with van der Waals surface area (Å²) in [5.74, 6) is 1.42. The van der Waals surface area contributed by atoms with Crippen LogP contribution in [0.15, 0.2) is 59.8 Å². The summed E-state index contributed by atoms with van der Waals surface area (Å²) in [5.41, 5.74) is 3.74. The van der Waals surface area contributed by atoms with E-state index in [1.54, 1.807) is 17.3 Å². The molecule has 2 aromatic heterocycles. The Labute approximate surface area is 324 Å². The van der Waals surface area contributed by atoms with Crippen LogP contribution in [0.4, 0.5) is 22.2 Å². The number of nitrogens with zero attached hydrogens (tertiary/aromatic N) is 8. The topological polar surface area (TPSA) is 132 Å². The first-order valence-electron chi connectivity index (χ1n) is 19.2. The molecule has 0 saturated carbocycles. The van der Waals surface area contributed by atoms with Crippen LogP contribution in [0.2, 0.25) is 5.02 Å². The number of aromatic nitrogens is 4. The Balaban J connectivity index is 0.812. The first-order valence-corrected chi connectivity index (χ1v) is 20.7. The zero-order valence-electron chi connectivity index (χ0n) is 31.0. The molecule has 3 amide bonds. The van der Waals surface area contributed by atoms with Crippen LogP contribution in [0.5, 0.6) is 0 Å². The monoisotopic (exact) mass is 772 g/mol. The number of fused-ring (bicyclic) bond motifs is 1. The van der Waals surface area contributed by atoms with Gasteiger partial charge in [-0.25, -0.2) is 23.3 Å². The van der Waals surface area contributed by atoms with E-state index in [1.165, 1.54) is 5.56 Å². The fourth-order valence-corrected chi connectivity index (χ4v) is 9.93. The summed E-state index contributed by atoms with van der Waals surface area (Å²) in [6.45, 7) is 9.53. The van der Waals surface area contributed by atoms with Gasteiger partial charge in [0.05, 0.1) is 27.8 Å². The van der Waals surface area contributed by atoms with E-state index in [2.05, 4.69) is 77.1 Å². The summed E-state index contributed by atoms with van der Waals surface area (Å²) in [5, 5.41) is 11.9. The molecule has 4 aliphatic heterocycles. The predicted molar refractivity (Wildman–Crippen MR) is 212 cm³/mol. The van der Waals surface area contributed by atoms with E-state index < -0.39 is 17.0 Å². The Kier molecular flexibility index (Phi) is 10.6. The van der Waals surface area contributed by atoms with E-state index in [1.807, 2.05) is 23.9 Å². The van der Waals surface area contributed by atoms with Crippen molar-refractivity contribution in [1.82, 2.24) is 34.3 Å². The maximum Gasteiger partial charge on any atom is 0.329 e. The second-order valence-corrected chi connectivity index (χ2v) is 17.6. The van der Waals surface area contributed by atoms with Crippen LogP contribution in [-0.4, -0.2) is 104 Å². The van der Waals surface area contributed by atoms with Crippen molar-refractivity contribution in [3.05, 3.63) is 65.4 Å². The summed E-state index contributed by atoms with van der Waals surface area (Å²) < 4.78 is 17.6. The number of aryl methyl sites for hydroxylation is 1. The molecule has 0 spiro atoms. The summed E-state index contributed by atoms with van der Waals surface area (Å²) >= 11 is 5.92. The van der Waals surface area contributed by atoms with Crippen molar-refractivity contribution in [2.45, 2.75) is 68.7 Å². The molecule has 8 rings (SSSR count). The van der Waals surface area contributed by atoms with E-state index in [4.69, 9.17) is 11.6 Å². The van der Waals surface area contributed by atoms with Crippen LogP contribution >= 0.6 is 11.6 Å². The lowest BCUT2D eigenvalue weighted by Crippen LogP contribution is -2.49. The summed E-state index contributed by atoms with van der Waals surface area (Å²) in [6, 6.07) is 14.7. The molecular formula is C39H49ClN10O3S. The molecule has 0 radical (unpaired) electrons. The Morgan fingerprint density at radius 3 is 2.41 bits per heavy atom. The SMILES string of the molecule is Cn1nc(N2CCC(=O)NC2=O)c2ccc(C3CCN(CC4(C)CCN(c5cccc(S(=O)N6CCC(Nc7ncc(Cl)cn7)CC6)c5)CC4)CC3)cc21. The van der Waals surface area contributed by atoms with Crippen molar-refractivity contribution < 1.29 is 13.8 Å². The van der Waals surface area contributed by atoms with Gasteiger partial charge in [-0.15, -0.1) is 0 Å². The molecule has 1 unspecified atom stereocenters. The van der Waals surface area contributed by atoms with Crippen molar-refractivity contribution in [1.29, 1.82) is 0 Å². The average molecular weight is 773 g/mol. The number of benzene rings is 2. The minimum atomic E-state index is -1.20. The number of likely N-dealkylation sites (tertiary alicyclic amines) is 1. The highest BCUT2D eigenvalue weighted by Gasteiger charge is 2.34. The number of piperidine rings is 3. The number of rotatable bonds is 9. The Hall–Kier alpha value is -4.11. The molecule has 286 valence electrons. The van der Waals surface area contributed by atoms with Crippen LogP contribution in [0, 0.1) is 5.41 Å². The van der Waals surface area contributed by atoms with Crippen molar-refractivity contribution in [3.8, 4) is 0 Å². The molecule has 4 aliphatic rings. The number of halogens is 1. The summed E-state index contributed by atoms with van der Waals surface area (Å²) in [4.78, 5) is 40.2. The van der Waals surface area contributed by atoms with E-state index in [0.29, 0.717) is 29.3 Å². The number of anilines is 3. The number of hydrogen-bond donors (Lipinski definition) is 2. The van der Waals surface area contributed by atoms with E-state index >= 15 is 0 Å². The normalized spacial score (nSPS) is 21.4. The maximum absolute atomic E-state index is 13.7. The van der Waals surface area contributed by atoms with Crippen LogP contribution in [0.3, 0.4) is 0 Å². The number of carbonyl (C=O) groups is 2. The number of hydrogen-bond acceptors (Lipinski definition) is 9. The quantitative estimate of drug-likeness (QED) is 0.225. The fraction of sp³-hybridized carbons (Fsp3) is 0.513. The van der Waals surface area contributed by atoms with Gasteiger partial charge in [-0.2, -0.15) is 5.10 Å². The van der Waals surface area contributed by atoms with Gasteiger partial charge in [-0.1, -0.05) is 30.7 Å². The van der Waals surface area contributed by atoms with Gasteiger partial charge in [0.1, 0.15) is 11.0 Å². The average Bonchev–Trinajstić information content (AvgIpc) is 3.51. The highest BCUT2D eigenvalue weighted by Crippen LogP contribution is 2.38. The molecule has 2 aromatic carbocycles. The van der Waals surface area contributed by atoms with Gasteiger partial charge in [0, 0.05) is 69.9 Å². The Morgan fingerprint density at radius 1 is 0.944 bits per heavy atom. The predicted octanol–water partition coefficient (Wildman–Crippen LogP) is 5.55. The molecule has 2 N–H and O–H groups in total. The zero-order valence-corrected chi connectivity index (χ0v) is 32.6. The van der Waals surface area contributed by atoms with E-state index in [9.17, 15) is 13.8 Å². The lowest BCUT2D eigenvalue weighted by atomic mass is 9.79. The highest BCUT2D eigenvalue weighted by molar-refractivity contribution is 7.82. The lowest BCUT2D eigenvalue weighted by molar-refractivity contribution is -0.120. The third kappa shape index (κ3) is 7.98. The molecule has 54 heavy (non-hydrogen) atoms. The van der Waals surface area contributed by atoms with Gasteiger partial charge in [0.2, 0.25) is 11.9 Å². The fourth-order valence-electron chi connectivity index (χ4n) is 8.58. The number of nitrogens with one attached hydrogen (secondary N) is 2. The van der Waals surface area contributed by atoms with Crippen molar-refractivity contribution in [2.75, 3.05) is 67.5 Å². The summed E-state index contributed by atoms with van der Waals surface area (Å²) in [7, 11) is 0.711. The minimum Gasteiger partial charge on any atom is -0.371 e. The largest absolute Gasteiger partial charge is 0.371 e. The molecule has 4 aromatic rings. The number of amides is 3. The Bertz CT molecular complexity index is 2020. The molecule has 1 atom stereocenters. The van der Waals surface area contributed by atoms with Gasteiger partial charge in [-0.05, 0) is 98.8 Å². The van der Waals surface area contributed by atoms with Crippen LogP contribution in [0.25, 0.3) is 10.9 Å². The third-order valence-corrected chi connectivity index (χ3v) is 13.5. The first-order chi connectivity index (χ1) is 26.1. The van der Waals surface area contributed by atoms with Crippen LogP contribution < -0.4 is 20.4 Å². The van der Waals surface area contributed by atoms with E-state index in [0.717, 1.165) is 106 Å². The number of carbonyl (C=O) groups excluding carboxylic acids is 2. The molecule has 15 heteroatoms. The first kappa shape index (κ1) is 36.8. The van der Waals surface area contributed by atoms with Crippen molar-refractivity contribution in [2.24, 2.45) is 12.5 Å². The molecule has 0 bridgehead atoms. The van der Waals surface area contributed by atoms with Crippen LogP contribution in [-0.2, 0) is 22.8 Å². The molecule has 4 saturated heterocycles. The molecule has 4 fully saturated rings. The summed E-state index contributed by atoms with van der Waals surface area (Å²) in [6.07, 6.45) is 9.69. The molecule has 13 nitrogen and oxygen atoms in total. The Morgan fingerprint density at radius 2 is 1.69 bits per heavy atom. The maximum atomic E-state index is 13.7. The minimum absolute atomic E-state index is 0.240. The lowest BCUT2D eigenvalue weighted by Gasteiger charge is -2.44. The van der Waals surface area contributed by atoms with Gasteiger partial charge < -0.3 is 15.1 Å². The second kappa shape index (κ2) is 15.6. The molecule has 0 aliphatic carbocycles. The van der Waals surface area contributed by atoms with Crippen molar-refractivity contribution in [3.63, 3.8) is 0 Å². The van der Waals surface area contributed by atoms with Gasteiger partial charge in [-0.3, -0.25) is 19.7 Å². The standard InChI is InChI=1S/C39H49ClN10O3S/c1-39(26-47-15-8-27(9-16-47)28-6-7-33-34(22-28)46(2)45-36(33)50-19-12-35(51)44-38(50)52)13-20-48(21-14-39)31-4-3-5-32(23-31)54(53)49-17-10-30(11-18-49)43-37-41-24-29(40)25-42-37/h3-7,22-25,27,30H,8-21,26H2,1-2H3,(H,41,42,43)(H,44,51,52). The van der Waals surface area contributed by atoms with Crippen LogP contribution in [0.1, 0.15) is 63.4 Å². The highest BCUT2D eigenvalue weighted by atomic mass is 35.5. The van der Waals surface area contributed by atoms with Gasteiger partial charge in [0.15, 0.2) is 5.82 Å². The van der Waals surface area contributed by atoms with Gasteiger partial charge >= 0.3 is 6.03 Å². The number of imide groups is 1. The van der Waals surface area contributed by atoms with Gasteiger partial charge in [0.25, 0.3) is 0 Å². The number of urea groups is 1. The zero-order chi connectivity index (χ0) is 37.4. The second-order valence-electron chi connectivity index (χ2n) is 15.6. The molecular weight excluding hydrogens is 724 g/mol. The van der Waals surface area contributed by atoms with E-state index in [-0.39, 0.29) is 23.8 Å². The smallest absolute Gasteiger partial charge is 0.329 e. The molecule has 6 heterocycles.